The standard InChI is InChI=1S/C16H17NO4/c1-10(11-4-3-5-13(18)8-11)17-14-9-12(16(19)20)6-7-15(14)21-2/h3-10,17-18H,1-2H3,(H,19,20). The number of rotatable bonds is 5. The summed E-state index contributed by atoms with van der Waals surface area (Å²) >= 11 is 0. The highest BCUT2D eigenvalue weighted by Gasteiger charge is 2.12. The molecule has 110 valence electrons. The lowest BCUT2D eigenvalue weighted by Crippen LogP contribution is -2.08. The van der Waals surface area contributed by atoms with Crippen molar-refractivity contribution in [1.82, 2.24) is 0 Å². The van der Waals surface area contributed by atoms with Crippen LogP contribution in [0.2, 0.25) is 0 Å². The minimum absolute atomic E-state index is 0.116. The van der Waals surface area contributed by atoms with Crippen LogP contribution < -0.4 is 10.1 Å². The number of carbonyl (C=O) groups is 1. The Balaban J connectivity index is 2.29. The highest BCUT2D eigenvalue weighted by atomic mass is 16.5. The van der Waals surface area contributed by atoms with Gasteiger partial charge in [0.15, 0.2) is 0 Å². The van der Waals surface area contributed by atoms with Gasteiger partial charge in [-0.05, 0) is 42.8 Å². The van der Waals surface area contributed by atoms with Crippen LogP contribution in [0, 0.1) is 0 Å². The van der Waals surface area contributed by atoms with Crippen LogP contribution in [-0.2, 0) is 0 Å². The van der Waals surface area contributed by atoms with E-state index < -0.39 is 5.97 Å². The third kappa shape index (κ3) is 3.45. The van der Waals surface area contributed by atoms with Crippen LogP contribution in [0.3, 0.4) is 0 Å². The maximum absolute atomic E-state index is 11.1. The molecule has 0 aliphatic carbocycles. The second-order valence-electron chi connectivity index (χ2n) is 4.68. The molecule has 1 atom stereocenters. The van der Waals surface area contributed by atoms with Gasteiger partial charge in [-0.15, -0.1) is 0 Å². The minimum Gasteiger partial charge on any atom is -0.508 e. The topological polar surface area (TPSA) is 78.8 Å². The van der Waals surface area contributed by atoms with Crippen molar-refractivity contribution in [3.05, 3.63) is 53.6 Å². The number of hydrogen-bond donors (Lipinski definition) is 3. The summed E-state index contributed by atoms with van der Waals surface area (Å²) in [6.07, 6.45) is 0. The van der Waals surface area contributed by atoms with Gasteiger partial charge in [-0.25, -0.2) is 4.79 Å². The largest absolute Gasteiger partial charge is 0.508 e. The fourth-order valence-electron chi connectivity index (χ4n) is 2.06. The molecular weight excluding hydrogens is 270 g/mol. The van der Waals surface area contributed by atoms with E-state index >= 15 is 0 Å². The first-order valence-electron chi connectivity index (χ1n) is 6.48. The Hall–Kier alpha value is -2.69. The predicted octanol–water partition coefficient (Wildman–Crippen LogP) is 3.27. The average Bonchev–Trinajstić information content (AvgIpc) is 2.47. The molecule has 0 fully saturated rings. The van der Waals surface area contributed by atoms with Crippen molar-refractivity contribution < 1.29 is 19.7 Å². The molecule has 0 aliphatic heterocycles. The molecule has 0 spiro atoms. The smallest absolute Gasteiger partial charge is 0.335 e. The zero-order valence-corrected chi connectivity index (χ0v) is 11.8. The number of nitrogens with one attached hydrogen (secondary N) is 1. The fraction of sp³-hybridized carbons (Fsp3) is 0.188. The summed E-state index contributed by atoms with van der Waals surface area (Å²) in [6.45, 7) is 1.92. The van der Waals surface area contributed by atoms with E-state index in [1.54, 1.807) is 24.3 Å². The van der Waals surface area contributed by atoms with Crippen molar-refractivity contribution in [2.45, 2.75) is 13.0 Å². The zero-order valence-electron chi connectivity index (χ0n) is 11.8. The number of anilines is 1. The Morgan fingerprint density at radius 1 is 1.24 bits per heavy atom. The number of methoxy groups -OCH3 is 1. The van der Waals surface area contributed by atoms with Gasteiger partial charge in [0.1, 0.15) is 11.5 Å². The second-order valence-corrected chi connectivity index (χ2v) is 4.68. The molecule has 0 saturated carbocycles. The number of aromatic hydroxyl groups is 1. The Morgan fingerprint density at radius 3 is 2.62 bits per heavy atom. The van der Waals surface area contributed by atoms with E-state index in [9.17, 15) is 9.90 Å². The predicted molar refractivity (Wildman–Crippen MR) is 80.1 cm³/mol. The van der Waals surface area contributed by atoms with Crippen LogP contribution >= 0.6 is 0 Å². The molecule has 1 unspecified atom stereocenters. The van der Waals surface area contributed by atoms with Crippen molar-refractivity contribution in [2.24, 2.45) is 0 Å². The SMILES string of the molecule is COc1ccc(C(=O)O)cc1NC(C)c1cccc(O)c1. The summed E-state index contributed by atoms with van der Waals surface area (Å²) in [4.78, 5) is 11.1. The summed E-state index contributed by atoms with van der Waals surface area (Å²) < 4.78 is 5.24. The van der Waals surface area contributed by atoms with Crippen LogP contribution in [0.4, 0.5) is 5.69 Å². The van der Waals surface area contributed by atoms with Gasteiger partial charge < -0.3 is 20.3 Å². The molecule has 0 heterocycles. The molecule has 21 heavy (non-hydrogen) atoms. The molecule has 2 rings (SSSR count). The van der Waals surface area contributed by atoms with Crippen LogP contribution in [0.5, 0.6) is 11.5 Å². The van der Waals surface area contributed by atoms with Crippen molar-refractivity contribution >= 4 is 11.7 Å². The van der Waals surface area contributed by atoms with Gasteiger partial charge in [0, 0.05) is 6.04 Å². The fourth-order valence-corrected chi connectivity index (χ4v) is 2.06. The Kier molecular flexibility index (Phi) is 4.33. The maximum Gasteiger partial charge on any atom is 0.335 e. The van der Waals surface area contributed by atoms with Crippen LogP contribution in [0.25, 0.3) is 0 Å². The quantitative estimate of drug-likeness (QED) is 0.786. The molecule has 3 N–H and O–H groups in total. The summed E-state index contributed by atoms with van der Waals surface area (Å²) in [5.74, 6) is -0.245. The summed E-state index contributed by atoms with van der Waals surface area (Å²) in [6, 6.07) is 11.4. The zero-order chi connectivity index (χ0) is 15.4. The van der Waals surface area contributed by atoms with Crippen LogP contribution in [0.1, 0.15) is 28.9 Å². The van der Waals surface area contributed by atoms with Gasteiger partial charge in [-0.3, -0.25) is 0 Å². The van der Waals surface area contributed by atoms with Gasteiger partial charge >= 0.3 is 5.97 Å². The Bertz CT molecular complexity index is 654. The van der Waals surface area contributed by atoms with E-state index in [2.05, 4.69) is 5.32 Å². The monoisotopic (exact) mass is 287 g/mol. The van der Waals surface area contributed by atoms with Crippen molar-refractivity contribution in [3.8, 4) is 11.5 Å². The maximum atomic E-state index is 11.1. The molecule has 0 radical (unpaired) electrons. The number of phenolic OH excluding ortho intramolecular Hbond substituents is 1. The molecule has 2 aromatic rings. The molecule has 5 nitrogen and oxygen atoms in total. The molecule has 0 aliphatic rings. The third-order valence-electron chi connectivity index (χ3n) is 3.19. The molecule has 0 amide bonds. The van der Waals surface area contributed by atoms with Gasteiger partial charge in [-0.2, -0.15) is 0 Å². The highest BCUT2D eigenvalue weighted by Crippen LogP contribution is 2.30. The van der Waals surface area contributed by atoms with E-state index in [-0.39, 0.29) is 17.4 Å². The average molecular weight is 287 g/mol. The lowest BCUT2D eigenvalue weighted by Gasteiger charge is -2.18. The van der Waals surface area contributed by atoms with Crippen LogP contribution in [0.15, 0.2) is 42.5 Å². The van der Waals surface area contributed by atoms with Gasteiger partial charge in [-0.1, -0.05) is 12.1 Å². The summed E-state index contributed by atoms with van der Waals surface area (Å²) in [5, 5.41) is 21.8. The molecule has 2 aromatic carbocycles. The van der Waals surface area contributed by atoms with Crippen molar-refractivity contribution in [1.29, 1.82) is 0 Å². The first kappa shape index (κ1) is 14.7. The minimum atomic E-state index is -0.995. The number of carboxylic acid groups (broad SMARTS) is 1. The van der Waals surface area contributed by atoms with Gasteiger partial charge in [0.25, 0.3) is 0 Å². The van der Waals surface area contributed by atoms with E-state index in [4.69, 9.17) is 9.84 Å². The molecule has 0 aromatic heterocycles. The van der Waals surface area contributed by atoms with Crippen LogP contribution in [-0.4, -0.2) is 23.3 Å². The number of ether oxygens (including phenoxy) is 1. The highest BCUT2D eigenvalue weighted by molar-refractivity contribution is 5.89. The molecular formula is C16H17NO4. The summed E-state index contributed by atoms with van der Waals surface area (Å²) in [5.41, 5.74) is 1.66. The number of aromatic carboxylic acids is 1. The lowest BCUT2D eigenvalue weighted by atomic mass is 10.1. The number of hydrogen-bond acceptors (Lipinski definition) is 4. The lowest BCUT2D eigenvalue weighted by molar-refractivity contribution is 0.0697. The second kappa shape index (κ2) is 6.17. The Morgan fingerprint density at radius 2 is 2.00 bits per heavy atom. The van der Waals surface area contributed by atoms with E-state index in [1.807, 2.05) is 13.0 Å². The van der Waals surface area contributed by atoms with Gasteiger partial charge in [0.2, 0.25) is 0 Å². The third-order valence-corrected chi connectivity index (χ3v) is 3.19. The number of benzene rings is 2. The summed E-state index contributed by atoms with van der Waals surface area (Å²) in [7, 11) is 1.53. The van der Waals surface area contributed by atoms with E-state index in [1.165, 1.54) is 19.2 Å². The molecule has 5 heteroatoms. The first-order valence-corrected chi connectivity index (χ1v) is 6.48. The van der Waals surface area contributed by atoms with Crippen molar-refractivity contribution in [3.63, 3.8) is 0 Å². The normalized spacial score (nSPS) is 11.7. The van der Waals surface area contributed by atoms with E-state index in [0.717, 1.165) is 5.56 Å². The van der Waals surface area contributed by atoms with Crippen molar-refractivity contribution in [2.75, 3.05) is 12.4 Å². The number of phenols is 1. The van der Waals surface area contributed by atoms with E-state index in [0.29, 0.717) is 11.4 Å². The Labute approximate surface area is 122 Å². The number of carboxylic acids is 1. The van der Waals surface area contributed by atoms with Gasteiger partial charge in [0.05, 0.1) is 18.4 Å². The molecule has 0 saturated heterocycles. The first-order chi connectivity index (χ1) is 10.0. The molecule has 0 bridgehead atoms.